The Hall–Kier alpha value is -1.36. The van der Waals surface area contributed by atoms with E-state index in [4.69, 9.17) is 10.2 Å². The summed E-state index contributed by atoms with van der Waals surface area (Å²) in [6, 6.07) is 0. The van der Waals surface area contributed by atoms with Gasteiger partial charge in [0.25, 0.3) is 0 Å². The first kappa shape index (κ1) is 15.7. The van der Waals surface area contributed by atoms with Crippen molar-refractivity contribution in [1.82, 2.24) is 10.3 Å². The number of carbonyl (C=O) groups excluding carboxylic acids is 1. The molecule has 3 N–H and O–H groups in total. The molecule has 1 unspecified atom stereocenters. The van der Waals surface area contributed by atoms with Crippen molar-refractivity contribution in [3.8, 4) is 0 Å². The van der Waals surface area contributed by atoms with Crippen molar-refractivity contribution in [3.63, 3.8) is 0 Å². The van der Waals surface area contributed by atoms with Gasteiger partial charge in [-0.2, -0.15) is 0 Å². The van der Waals surface area contributed by atoms with Gasteiger partial charge in [0.1, 0.15) is 5.76 Å². The zero-order chi connectivity index (χ0) is 14.5. The van der Waals surface area contributed by atoms with Crippen LogP contribution in [0.1, 0.15) is 45.8 Å². The molecule has 1 amide bonds. The highest BCUT2D eigenvalue weighted by atomic mass is 16.4. The Morgan fingerprint density at radius 3 is 2.68 bits per heavy atom. The van der Waals surface area contributed by atoms with E-state index in [1.807, 2.05) is 6.92 Å². The number of carbonyl (C=O) groups is 1. The fourth-order valence-corrected chi connectivity index (χ4v) is 1.92. The van der Waals surface area contributed by atoms with Crippen LogP contribution < -0.4 is 11.1 Å². The van der Waals surface area contributed by atoms with Crippen LogP contribution in [0.4, 0.5) is 0 Å². The van der Waals surface area contributed by atoms with Gasteiger partial charge in [-0.3, -0.25) is 4.79 Å². The molecule has 0 aromatic carbocycles. The third kappa shape index (κ3) is 5.42. The van der Waals surface area contributed by atoms with Gasteiger partial charge in [0.2, 0.25) is 11.8 Å². The van der Waals surface area contributed by atoms with Crippen LogP contribution in [0.15, 0.2) is 10.6 Å². The predicted molar refractivity (Wildman–Crippen MR) is 74.3 cm³/mol. The van der Waals surface area contributed by atoms with E-state index in [9.17, 15) is 4.79 Å². The van der Waals surface area contributed by atoms with Crippen LogP contribution in [-0.2, 0) is 17.8 Å². The van der Waals surface area contributed by atoms with Gasteiger partial charge in [0, 0.05) is 13.0 Å². The maximum absolute atomic E-state index is 12.0. The Bertz CT molecular complexity index is 407. The van der Waals surface area contributed by atoms with Crippen LogP contribution >= 0.6 is 0 Å². The summed E-state index contributed by atoms with van der Waals surface area (Å²) in [5.74, 6) is 1.17. The first-order chi connectivity index (χ1) is 8.85. The summed E-state index contributed by atoms with van der Waals surface area (Å²) in [7, 11) is 0. The third-order valence-electron chi connectivity index (χ3n) is 2.88. The minimum absolute atomic E-state index is 0.0336. The van der Waals surface area contributed by atoms with Crippen molar-refractivity contribution in [3.05, 3.63) is 17.8 Å². The van der Waals surface area contributed by atoms with Crippen molar-refractivity contribution >= 4 is 5.91 Å². The van der Waals surface area contributed by atoms with E-state index >= 15 is 0 Å². The normalized spacial score (nSPS) is 13.3. The van der Waals surface area contributed by atoms with E-state index in [0.717, 1.165) is 18.6 Å². The summed E-state index contributed by atoms with van der Waals surface area (Å²) < 4.78 is 5.44. The van der Waals surface area contributed by atoms with Gasteiger partial charge in [0.05, 0.1) is 18.7 Å². The van der Waals surface area contributed by atoms with Crippen LogP contribution in [0.25, 0.3) is 0 Å². The molecule has 1 rings (SSSR count). The second kappa shape index (κ2) is 6.70. The van der Waals surface area contributed by atoms with E-state index in [2.05, 4.69) is 31.1 Å². The van der Waals surface area contributed by atoms with Gasteiger partial charge in [-0.25, -0.2) is 4.98 Å². The van der Waals surface area contributed by atoms with Crippen molar-refractivity contribution in [2.24, 2.45) is 17.1 Å². The Morgan fingerprint density at radius 1 is 1.53 bits per heavy atom. The van der Waals surface area contributed by atoms with Crippen molar-refractivity contribution in [2.45, 2.75) is 47.1 Å². The highest BCUT2D eigenvalue weighted by Gasteiger charge is 2.23. The maximum atomic E-state index is 12.0. The number of aryl methyl sites for hydroxylation is 1. The fourth-order valence-electron chi connectivity index (χ4n) is 1.92. The lowest BCUT2D eigenvalue weighted by Crippen LogP contribution is -2.36. The lowest BCUT2D eigenvalue weighted by molar-refractivity contribution is -0.125. The predicted octanol–water partition coefficient (Wildman–Crippen LogP) is 1.86. The molecule has 5 nitrogen and oxygen atoms in total. The Kier molecular flexibility index (Phi) is 5.54. The van der Waals surface area contributed by atoms with Crippen LogP contribution in [0.3, 0.4) is 0 Å². The molecule has 1 aromatic rings. The summed E-state index contributed by atoms with van der Waals surface area (Å²) in [5.41, 5.74) is 5.76. The largest absolute Gasteiger partial charge is 0.444 e. The van der Waals surface area contributed by atoms with Gasteiger partial charge >= 0.3 is 0 Å². The topological polar surface area (TPSA) is 81.2 Å². The quantitative estimate of drug-likeness (QED) is 0.824. The van der Waals surface area contributed by atoms with Crippen molar-refractivity contribution < 1.29 is 9.21 Å². The van der Waals surface area contributed by atoms with Crippen LogP contribution in [0.2, 0.25) is 0 Å². The standard InChI is InChI=1S/C14H25N3O2/c1-5-11-8-16-12(19-11)9-17-13(18)10(7-15)6-14(2,3)4/h8,10H,5-7,9,15H2,1-4H3,(H,17,18). The summed E-state index contributed by atoms with van der Waals surface area (Å²) >= 11 is 0. The first-order valence-electron chi connectivity index (χ1n) is 6.77. The number of nitrogens with zero attached hydrogens (tertiary/aromatic N) is 1. The molecule has 0 saturated carbocycles. The van der Waals surface area contributed by atoms with E-state index in [1.165, 1.54) is 0 Å². The van der Waals surface area contributed by atoms with Crippen molar-refractivity contribution in [2.75, 3.05) is 6.54 Å². The Labute approximate surface area is 115 Å². The van der Waals surface area contributed by atoms with Gasteiger partial charge < -0.3 is 15.5 Å². The summed E-state index contributed by atoms with van der Waals surface area (Å²) in [6.07, 6.45) is 3.26. The van der Waals surface area contributed by atoms with Gasteiger partial charge in [-0.15, -0.1) is 0 Å². The third-order valence-corrected chi connectivity index (χ3v) is 2.88. The lowest BCUT2D eigenvalue weighted by Gasteiger charge is -2.24. The van der Waals surface area contributed by atoms with Crippen LogP contribution in [0.5, 0.6) is 0 Å². The van der Waals surface area contributed by atoms with Gasteiger partial charge in [-0.1, -0.05) is 27.7 Å². The molecular formula is C14H25N3O2. The van der Waals surface area contributed by atoms with E-state index in [-0.39, 0.29) is 17.2 Å². The smallest absolute Gasteiger partial charge is 0.224 e. The monoisotopic (exact) mass is 267 g/mol. The average Bonchev–Trinajstić information content (AvgIpc) is 2.79. The number of oxazole rings is 1. The molecule has 0 aliphatic carbocycles. The Balaban J connectivity index is 2.48. The molecule has 1 atom stereocenters. The molecule has 5 heteroatoms. The molecule has 1 heterocycles. The molecule has 0 aliphatic heterocycles. The minimum Gasteiger partial charge on any atom is -0.444 e. The molecule has 19 heavy (non-hydrogen) atoms. The number of amides is 1. The van der Waals surface area contributed by atoms with Gasteiger partial charge in [0.15, 0.2) is 0 Å². The number of nitrogens with one attached hydrogen (secondary N) is 1. The second-order valence-electron chi connectivity index (χ2n) is 5.99. The molecule has 0 saturated heterocycles. The van der Waals surface area contributed by atoms with Crippen LogP contribution in [-0.4, -0.2) is 17.4 Å². The zero-order valence-electron chi connectivity index (χ0n) is 12.3. The molecular weight excluding hydrogens is 242 g/mol. The number of nitrogens with two attached hydrogens (primary N) is 1. The van der Waals surface area contributed by atoms with Gasteiger partial charge in [-0.05, 0) is 11.8 Å². The van der Waals surface area contributed by atoms with Crippen LogP contribution in [0, 0.1) is 11.3 Å². The fraction of sp³-hybridized carbons (Fsp3) is 0.714. The average molecular weight is 267 g/mol. The van der Waals surface area contributed by atoms with E-state index in [1.54, 1.807) is 6.20 Å². The summed E-state index contributed by atoms with van der Waals surface area (Å²) in [6.45, 7) is 8.98. The summed E-state index contributed by atoms with van der Waals surface area (Å²) in [5, 5.41) is 2.83. The first-order valence-corrected chi connectivity index (χ1v) is 6.77. The van der Waals surface area contributed by atoms with E-state index < -0.39 is 0 Å². The minimum atomic E-state index is -0.166. The molecule has 0 radical (unpaired) electrons. The van der Waals surface area contributed by atoms with E-state index in [0.29, 0.717) is 19.0 Å². The molecule has 108 valence electrons. The Morgan fingerprint density at radius 2 is 2.21 bits per heavy atom. The number of aromatic nitrogens is 1. The summed E-state index contributed by atoms with van der Waals surface area (Å²) in [4.78, 5) is 16.1. The maximum Gasteiger partial charge on any atom is 0.224 e. The molecule has 0 aliphatic rings. The highest BCUT2D eigenvalue weighted by molar-refractivity contribution is 5.78. The number of hydrogen-bond acceptors (Lipinski definition) is 4. The highest BCUT2D eigenvalue weighted by Crippen LogP contribution is 2.24. The molecule has 0 spiro atoms. The van der Waals surface area contributed by atoms with Crippen molar-refractivity contribution in [1.29, 1.82) is 0 Å². The molecule has 0 fully saturated rings. The lowest BCUT2D eigenvalue weighted by atomic mass is 9.84. The second-order valence-corrected chi connectivity index (χ2v) is 5.99. The molecule has 1 aromatic heterocycles. The zero-order valence-corrected chi connectivity index (χ0v) is 12.3. The number of hydrogen-bond donors (Lipinski definition) is 2. The number of rotatable bonds is 6. The SMILES string of the molecule is CCc1cnc(CNC(=O)C(CN)CC(C)(C)C)o1. The molecule has 0 bridgehead atoms.